The lowest BCUT2D eigenvalue weighted by molar-refractivity contribution is 0.416. The Morgan fingerprint density at radius 3 is 2.72 bits per heavy atom. The molecular weight excluding hydrogens is 264 g/mol. The number of hydrogen-bond acceptors (Lipinski definition) is 5. The Balaban J connectivity index is 2.79. The van der Waals surface area contributed by atoms with Crippen LogP contribution in [0.1, 0.15) is 5.56 Å². The fourth-order valence-corrected chi connectivity index (χ4v) is 2.74. The van der Waals surface area contributed by atoms with E-state index in [2.05, 4.69) is 6.07 Å². The first-order valence-corrected chi connectivity index (χ1v) is 6.37. The first-order valence-electron chi connectivity index (χ1n) is 5.14. The zero-order valence-electron chi connectivity index (χ0n) is 9.64. The summed E-state index contributed by atoms with van der Waals surface area (Å²) < 4.78 is 5.94. The van der Waals surface area contributed by atoms with Crippen molar-refractivity contribution in [2.24, 2.45) is 0 Å². The second-order valence-corrected chi connectivity index (χ2v) is 5.31. The van der Waals surface area contributed by atoms with Crippen LogP contribution in [0.25, 0.3) is 11.1 Å². The number of methoxy groups -OCH3 is 1. The Kier molecular flexibility index (Phi) is 3.60. The van der Waals surface area contributed by atoms with Gasteiger partial charge in [-0.25, -0.2) is 0 Å². The number of ether oxygens (including phenoxy) is 1. The number of rotatable bonds is 2. The molecule has 0 saturated carbocycles. The molecular formula is C13H10N2OS2. The van der Waals surface area contributed by atoms with Crippen molar-refractivity contribution in [2.45, 2.75) is 0 Å². The van der Waals surface area contributed by atoms with E-state index in [0.717, 1.165) is 11.1 Å². The van der Waals surface area contributed by atoms with Crippen molar-refractivity contribution in [3.05, 3.63) is 39.7 Å². The van der Waals surface area contributed by atoms with Gasteiger partial charge in [-0.05, 0) is 12.1 Å². The van der Waals surface area contributed by atoms with Crippen molar-refractivity contribution in [3.8, 4) is 22.9 Å². The molecule has 0 aliphatic carbocycles. The molecule has 3 nitrogen and oxygen atoms in total. The van der Waals surface area contributed by atoms with E-state index in [-0.39, 0.29) is 0 Å². The molecule has 0 bridgehead atoms. The van der Waals surface area contributed by atoms with Crippen LogP contribution in [-0.2, 0) is 0 Å². The molecule has 1 aromatic heterocycles. The van der Waals surface area contributed by atoms with Crippen LogP contribution in [0.15, 0.2) is 30.3 Å². The number of hydrogen-bond donors (Lipinski definition) is 1. The van der Waals surface area contributed by atoms with Gasteiger partial charge in [-0.1, -0.05) is 30.4 Å². The number of anilines is 1. The van der Waals surface area contributed by atoms with Gasteiger partial charge in [0.25, 0.3) is 0 Å². The summed E-state index contributed by atoms with van der Waals surface area (Å²) in [5.41, 5.74) is 7.83. The third kappa shape index (κ3) is 2.21. The van der Waals surface area contributed by atoms with Crippen LogP contribution in [0.2, 0.25) is 0 Å². The molecule has 0 fully saturated rings. The monoisotopic (exact) mass is 274 g/mol. The van der Waals surface area contributed by atoms with E-state index in [0.29, 0.717) is 20.1 Å². The molecule has 0 amide bonds. The van der Waals surface area contributed by atoms with Gasteiger partial charge >= 0.3 is 0 Å². The van der Waals surface area contributed by atoms with Gasteiger partial charge in [0, 0.05) is 11.1 Å². The summed E-state index contributed by atoms with van der Waals surface area (Å²) in [6.07, 6.45) is 0. The van der Waals surface area contributed by atoms with E-state index in [1.807, 2.05) is 24.3 Å². The fourth-order valence-electron chi connectivity index (χ4n) is 1.71. The summed E-state index contributed by atoms with van der Waals surface area (Å²) in [5.74, 6) is 0.694. The molecule has 1 heterocycles. The lowest BCUT2D eigenvalue weighted by Gasteiger charge is -2.10. The maximum absolute atomic E-state index is 9.22. The van der Waals surface area contributed by atoms with Crippen molar-refractivity contribution in [2.75, 3.05) is 12.8 Å². The quantitative estimate of drug-likeness (QED) is 0.850. The lowest BCUT2D eigenvalue weighted by atomic mass is 10.0. The van der Waals surface area contributed by atoms with Crippen LogP contribution in [0.3, 0.4) is 0 Å². The number of para-hydroxylation sites is 1. The number of nitriles is 1. The second kappa shape index (κ2) is 5.17. The fraction of sp³-hybridized carbons (Fsp3) is 0.0769. The molecule has 2 aromatic rings. The summed E-state index contributed by atoms with van der Waals surface area (Å²) >= 11 is 6.40. The second-order valence-electron chi connectivity index (χ2n) is 3.53. The molecule has 0 atom stereocenters. The Morgan fingerprint density at radius 2 is 2.06 bits per heavy atom. The summed E-state index contributed by atoms with van der Waals surface area (Å²) in [7, 11) is 1.59. The van der Waals surface area contributed by atoms with Gasteiger partial charge in [0.1, 0.15) is 16.8 Å². The minimum absolute atomic E-state index is 0.436. The molecule has 5 heteroatoms. The van der Waals surface area contributed by atoms with Crippen LogP contribution in [-0.4, -0.2) is 7.11 Å². The van der Waals surface area contributed by atoms with Crippen molar-refractivity contribution >= 4 is 28.6 Å². The Labute approximate surface area is 114 Å². The van der Waals surface area contributed by atoms with E-state index >= 15 is 0 Å². The molecule has 0 spiro atoms. The van der Waals surface area contributed by atoms with Crippen LogP contribution < -0.4 is 10.5 Å². The minimum Gasteiger partial charge on any atom is -0.496 e. The molecule has 0 saturated heterocycles. The lowest BCUT2D eigenvalue weighted by Crippen LogP contribution is -1.94. The van der Waals surface area contributed by atoms with E-state index in [4.69, 9.17) is 22.7 Å². The van der Waals surface area contributed by atoms with Crippen LogP contribution in [0, 0.1) is 15.2 Å². The van der Waals surface area contributed by atoms with Gasteiger partial charge in [0.2, 0.25) is 0 Å². The Bertz CT molecular complexity index is 686. The first-order chi connectivity index (χ1) is 8.67. The van der Waals surface area contributed by atoms with Gasteiger partial charge in [0.05, 0.1) is 16.5 Å². The number of nitrogens with zero attached hydrogens (tertiary/aromatic N) is 1. The molecule has 2 rings (SSSR count). The Hall–Kier alpha value is -1.90. The average Bonchev–Trinajstić information content (AvgIpc) is 2.38. The topological polar surface area (TPSA) is 59.0 Å². The highest BCUT2D eigenvalue weighted by Crippen LogP contribution is 2.35. The number of nitrogens with two attached hydrogens (primary N) is 1. The van der Waals surface area contributed by atoms with Crippen molar-refractivity contribution in [1.82, 2.24) is 0 Å². The van der Waals surface area contributed by atoms with Gasteiger partial charge in [-0.2, -0.15) is 5.26 Å². The van der Waals surface area contributed by atoms with Gasteiger partial charge in [-0.3, -0.25) is 0 Å². The maximum Gasteiger partial charge on any atom is 0.126 e. The van der Waals surface area contributed by atoms with Gasteiger partial charge in [-0.15, -0.1) is 11.3 Å². The third-order valence-corrected chi connectivity index (χ3v) is 3.61. The highest BCUT2D eigenvalue weighted by Gasteiger charge is 2.13. The van der Waals surface area contributed by atoms with E-state index in [1.165, 1.54) is 11.3 Å². The van der Waals surface area contributed by atoms with Crippen molar-refractivity contribution < 1.29 is 4.74 Å². The predicted octanol–water partition coefficient (Wildman–Crippen LogP) is 3.61. The Morgan fingerprint density at radius 1 is 1.33 bits per heavy atom. The van der Waals surface area contributed by atoms with Crippen LogP contribution in [0.4, 0.5) is 5.00 Å². The van der Waals surface area contributed by atoms with Gasteiger partial charge in [0.15, 0.2) is 0 Å². The smallest absolute Gasteiger partial charge is 0.126 e. The molecule has 1 aromatic carbocycles. The van der Waals surface area contributed by atoms with Crippen molar-refractivity contribution in [1.29, 1.82) is 5.26 Å². The standard InChI is InChI=1S/C13H10N2OS2/c1-16-11-5-3-2-4-8(11)9-6-12(17)18-13(15)10(9)7-14/h2-6H,15H2,1H3. The zero-order valence-corrected chi connectivity index (χ0v) is 11.3. The third-order valence-electron chi connectivity index (χ3n) is 2.50. The van der Waals surface area contributed by atoms with E-state index < -0.39 is 0 Å². The molecule has 18 heavy (non-hydrogen) atoms. The van der Waals surface area contributed by atoms with Crippen LogP contribution >= 0.6 is 23.6 Å². The molecule has 2 N–H and O–H groups in total. The number of nitrogen functional groups attached to an aromatic ring is 1. The van der Waals surface area contributed by atoms with E-state index in [1.54, 1.807) is 13.2 Å². The molecule has 0 aliphatic heterocycles. The summed E-state index contributed by atoms with van der Waals surface area (Å²) in [4.78, 5) is 0. The summed E-state index contributed by atoms with van der Waals surface area (Å²) in [6, 6.07) is 11.4. The molecule has 0 aliphatic rings. The largest absolute Gasteiger partial charge is 0.496 e. The maximum atomic E-state index is 9.22. The highest BCUT2D eigenvalue weighted by atomic mass is 32.1. The highest BCUT2D eigenvalue weighted by molar-refractivity contribution is 7.73. The number of benzene rings is 1. The average molecular weight is 274 g/mol. The predicted molar refractivity (Wildman–Crippen MR) is 76.3 cm³/mol. The minimum atomic E-state index is 0.436. The zero-order chi connectivity index (χ0) is 13.1. The normalized spacial score (nSPS) is 9.78. The van der Waals surface area contributed by atoms with Crippen molar-refractivity contribution in [3.63, 3.8) is 0 Å². The summed E-state index contributed by atoms with van der Waals surface area (Å²) in [5, 5.41) is 9.65. The molecule has 90 valence electrons. The van der Waals surface area contributed by atoms with Crippen LogP contribution in [0.5, 0.6) is 5.75 Å². The summed E-state index contributed by atoms with van der Waals surface area (Å²) in [6.45, 7) is 0. The SMILES string of the molecule is COc1ccccc1-c1cc(=S)sc(N)c1C#N. The van der Waals surface area contributed by atoms with Gasteiger partial charge < -0.3 is 10.5 Å². The molecule has 0 radical (unpaired) electrons. The first kappa shape index (κ1) is 12.6. The van der Waals surface area contributed by atoms with E-state index in [9.17, 15) is 5.26 Å². The molecule has 0 unspecified atom stereocenters.